The van der Waals surface area contributed by atoms with Gasteiger partial charge in [0.1, 0.15) is 11.3 Å². The molecular formula is C22H16ClN3O4. The monoisotopic (exact) mass is 421 g/mol. The van der Waals surface area contributed by atoms with Crippen LogP contribution in [0.15, 0.2) is 72.4 Å². The van der Waals surface area contributed by atoms with Gasteiger partial charge in [-0.1, -0.05) is 11.6 Å². The first-order chi connectivity index (χ1) is 14.5. The smallest absolute Gasteiger partial charge is 0.335 e. The Kier molecular flexibility index (Phi) is 5.12. The number of nitrogens with zero attached hydrogens (tertiary/aromatic N) is 2. The van der Waals surface area contributed by atoms with Crippen molar-refractivity contribution in [1.82, 2.24) is 9.88 Å². The molecule has 0 spiro atoms. The maximum atomic E-state index is 13.0. The van der Waals surface area contributed by atoms with Crippen molar-refractivity contribution < 1.29 is 19.1 Å². The van der Waals surface area contributed by atoms with E-state index < -0.39 is 17.8 Å². The number of barbiturate groups is 1. The Labute approximate surface area is 177 Å². The largest absolute Gasteiger partial charge is 0.497 e. The van der Waals surface area contributed by atoms with E-state index in [2.05, 4.69) is 5.32 Å². The number of imide groups is 2. The molecule has 2 heterocycles. The molecule has 0 aliphatic carbocycles. The molecule has 0 unspecified atom stereocenters. The number of carbonyl (C=O) groups excluding carboxylic acids is 3. The number of carbonyl (C=O) groups is 3. The Balaban J connectivity index is 1.71. The molecule has 3 aromatic rings. The fraction of sp³-hybridized carbons (Fsp3) is 0.0455. The van der Waals surface area contributed by atoms with Crippen molar-refractivity contribution in [3.63, 3.8) is 0 Å². The van der Waals surface area contributed by atoms with Crippen molar-refractivity contribution in [2.75, 3.05) is 12.0 Å². The highest BCUT2D eigenvalue weighted by atomic mass is 35.5. The van der Waals surface area contributed by atoms with Crippen LogP contribution in [0.1, 0.15) is 5.69 Å². The number of rotatable bonds is 4. The summed E-state index contributed by atoms with van der Waals surface area (Å²) in [5.41, 5.74) is 1.58. The van der Waals surface area contributed by atoms with Gasteiger partial charge in [-0.05, 0) is 66.7 Å². The lowest BCUT2D eigenvalue weighted by Gasteiger charge is -2.26. The van der Waals surface area contributed by atoms with Crippen molar-refractivity contribution in [2.24, 2.45) is 0 Å². The number of halogens is 1. The number of amides is 4. The van der Waals surface area contributed by atoms with Crippen LogP contribution in [-0.2, 0) is 9.59 Å². The highest BCUT2D eigenvalue weighted by Crippen LogP contribution is 2.24. The predicted molar refractivity (Wildman–Crippen MR) is 113 cm³/mol. The van der Waals surface area contributed by atoms with E-state index in [-0.39, 0.29) is 5.57 Å². The van der Waals surface area contributed by atoms with Crippen LogP contribution in [0, 0.1) is 0 Å². The third kappa shape index (κ3) is 3.58. The summed E-state index contributed by atoms with van der Waals surface area (Å²) in [7, 11) is 1.58. The number of benzene rings is 2. The van der Waals surface area contributed by atoms with Crippen molar-refractivity contribution in [3.05, 3.63) is 83.2 Å². The number of nitrogens with one attached hydrogen (secondary N) is 1. The van der Waals surface area contributed by atoms with E-state index in [4.69, 9.17) is 16.3 Å². The molecule has 30 heavy (non-hydrogen) atoms. The summed E-state index contributed by atoms with van der Waals surface area (Å²) in [4.78, 5) is 38.6. The quantitative estimate of drug-likeness (QED) is 0.513. The van der Waals surface area contributed by atoms with E-state index in [1.807, 2.05) is 35.0 Å². The number of hydrogen-bond acceptors (Lipinski definition) is 4. The molecule has 1 N–H and O–H groups in total. The van der Waals surface area contributed by atoms with Gasteiger partial charge < -0.3 is 9.30 Å². The molecule has 0 bridgehead atoms. The number of aromatic nitrogens is 1. The molecule has 1 aromatic heterocycles. The molecule has 8 heteroatoms. The van der Waals surface area contributed by atoms with Crippen LogP contribution in [0.5, 0.6) is 5.75 Å². The fourth-order valence-corrected chi connectivity index (χ4v) is 3.25. The second-order valence-electron chi connectivity index (χ2n) is 6.44. The van der Waals surface area contributed by atoms with Gasteiger partial charge in [0.15, 0.2) is 0 Å². The van der Waals surface area contributed by atoms with Gasteiger partial charge >= 0.3 is 6.03 Å². The molecule has 1 fully saturated rings. The molecular weight excluding hydrogens is 406 g/mol. The number of anilines is 1. The highest BCUT2D eigenvalue weighted by Gasteiger charge is 2.37. The van der Waals surface area contributed by atoms with Crippen LogP contribution >= 0.6 is 11.6 Å². The summed E-state index contributed by atoms with van der Waals surface area (Å²) in [6, 6.07) is 16.3. The highest BCUT2D eigenvalue weighted by molar-refractivity contribution is 6.39. The normalized spacial score (nSPS) is 15.5. The molecule has 0 radical (unpaired) electrons. The maximum Gasteiger partial charge on any atom is 0.335 e. The first-order valence-corrected chi connectivity index (χ1v) is 9.34. The Morgan fingerprint density at radius 1 is 0.933 bits per heavy atom. The van der Waals surface area contributed by atoms with E-state index in [9.17, 15) is 14.4 Å². The minimum atomic E-state index is -0.810. The number of methoxy groups -OCH3 is 1. The third-order valence-corrected chi connectivity index (χ3v) is 4.86. The summed E-state index contributed by atoms with van der Waals surface area (Å²) >= 11 is 5.88. The van der Waals surface area contributed by atoms with E-state index in [1.165, 1.54) is 18.2 Å². The molecule has 4 amide bonds. The van der Waals surface area contributed by atoms with E-state index >= 15 is 0 Å². The maximum absolute atomic E-state index is 13.0. The summed E-state index contributed by atoms with van der Waals surface area (Å²) in [6.07, 6.45) is 3.26. The zero-order chi connectivity index (χ0) is 21.3. The Morgan fingerprint density at radius 2 is 1.60 bits per heavy atom. The summed E-state index contributed by atoms with van der Waals surface area (Å²) < 4.78 is 6.99. The summed E-state index contributed by atoms with van der Waals surface area (Å²) in [5.74, 6) is -0.754. The van der Waals surface area contributed by atoms with Crippen molar-refractivity contribution >= 4 is 41.2 Å². The number of hydrogen-bond donors (Lipinski definition) is 1. The fourth-order valence-electron chi connectivity index (χ4n) is 3.12. The number of urea groups is 1. The lowest BCUT2D eigenvalue weighted by molar-refractivity contribution is -0.122. The van der Waals surface area contributed by atoms with Crippen LogP contribution in [0.25, 0.3) is 11.8 Å². The van der Waals surface area contributed by atoms with Crippen LogP contribution in [0.3, 0.4) is 0 Å². The molecule has 0 atom stereocenters. The summed E-state index contributed by atoms with van der Waals surface area (Å²) in [6.45, 7) is 0. The lowest BCUT2D eigenvalue weighted by Crippen LogP contribution is -2.54. The molecule has 1 aliphatic heterocycles. The molecule has 150 valence electrons. The Bertz CT molecular complexity index is 1160. The second kappa shape index (κ2) is 7.88. The average Bonchev–Trinajstić information content (AvgIpc) is 3.20. The van der Waals surface area contributed by atoms with Crippen molar-refractivity contribution in [1.29, 1.82) is 0 Å². The average molecular weight is 422 g/mol. The zero-order valence-electron chi connectivity index (χ0n) is 15.8. The van der Waals surface area contributed by atoms with E-state index in [0.29, 0.717) is 22.2 Å². The van der Waals surface area contributed by atoms with E-state index in [0.717, 1.165) is 10.6 Å². The molecule has 0 saturated carbocycles. The second-order valence-corrected chi connectivity index (χ2v) is 6.87. The van der Waals surface area contributed by atoms with Crippen LogP contribution in [-0.4, -0.2) is 29.5 Å². The van der Waals surface area contributed by atoms with Crippen molar-refractivity contribution in [2.45, 2.75) is 0 Å². The first-order valence-electron chi connectivity index (χ1n) is 8.97. The van der Waals surface area contributed by atoms with Gasteiger partial charge in [-0.3, -0.25) is 14.9 Å². The van der Waals surface area contributed by atoms with Gasteiger partial charge in [-0.25, -0.2) is 9.69 Å². The van der Waals surface area contributed by atoms with Gasteiger partial charge in [-0.2, -0.15) is 0 Å². The zero-order valence-corrected chi connectivity index (χ0v) is 16.6. The van der Waals surface area contributed by atoms with Gasteiger partial charge in [0.2, 0.25) is 0 Å². The SMILES string of the molecule is COc1ccc(-n2cccc2C=C2C(=O)NC(=O)N(c3ccc(Cl)cc3)C2=O)cc1. The minimum Gasteiger partial charge on any atom is -0.497 e. The molecule has 7 nitrogen and oxygen atoms in total. The predicted octanol–water partition coefficient (Wildman–Crippen LogP) is 3.81. The van der Waals surface area contributed by atoms with Gasteiger partial charge in [0, 0.05) is 22.6 Å². The Hall–Kier alpha value is -3.84. The van der Waals surface area contributed by atoms with Gasteiger partial charge in [0.05, 0.1) is 12.8 Å². The topological polar surface area (TPSA) is 80.6 Å². The molecule has 1 aliphatic rings. The molecule has 4 rings (SSSR count). The standard InChI is InChI=1S/C22H16ClN3O4/c1-30-18-10-8-15(9-11-18)25-12-2-3-17(25)13-19-20(27)24-22(29)26(21(19)28)16-6-4-14(23)5-7-16/h2-13H,1H3,(H,24,27,29). The van der Waals surface area contributed by atoms with Crippen LogP contribution in [0.2, 0.25) is 5.02 Å². The minimum absolute atomic E-state index is 0.155. The van der Waals surface area contributed by atoms with Crippen LogP contribution < -0.4 is 15.0 Å². The van der Waals surface area contributed by atoms with E-state index in [1.54, 1.807) is 31.4 Å². The molecule has 1 saturated heterocycles. The summed E-state index contributed by atoms with van der Waals surface area (Å²) in [5, 5.41) is 2.68. The van der Waals surface area contributed by atoms with Gasteiger partial charge in [0.25, 0.3) is 11.8 Å². The number of ether oxygens (including phenoxy) is 1. The third-order valence-electron chi connectivity index (χ3n) is 4.61. The first kappa shape index (κ1) is 19.5. The molecule has 2 aromatic carbocycles. The van der Waals surface area contributed by atoms with Crippen molar-refractivity contribution in [3.8, 4) is 11.4 Å². The lowest BCUT2D eigenvalue weighted by atomic mass is 10.1. The Morgan fingerprint density at radius 3 is 2.27 bits per heavy atom. The van der Waals surface area contributed by atoms with Crippen LogP contribution in [0.4, 0.5) is 10.5 Å². The van der Waals surface area contributed by atoms with Gasteiger partial charge in [-0.15, -0.1) is 0 Å².